The van der Waals surface area contributed by atoms with Gasteiger partial charge in [0.15, 0.2) is 0 Å². The first-order valence-corrected chi connectivity index (χ1v) is 5.82. The van der Waals surface area contributed by atoms with Gasteiger partial charge in [0.05, 0.1) is 23.7 Å². The number of imidazole rings is 1. The maximum absolute atomic E-state index is 11.2. The van der Waals surface area contributed by atoms with E-state index in [9.17, 15) is 9.90 Å². The third-order valence-corrected chi connectivity index (χ3v) is 3.13. The Bertz CT molecular complexity index is 575. The summed E-state index contributed by atoms with van der Waals surface area (Å²) in [7, 11) is 1.85. The number of hydrogen-bond acceptors (Lipinski definition) is 4. The average Bonchev–Trinajstić information content (AvgIpc) is 2.74. The van der Waals surface area contributed by atoms with Gasteiger partial charge in [-0.2, -0.15) is 0 Å². The average molecular weight is 251 g/mol. The largest absolute Gasteiger partial charge is 0.396 e. The van der Waals surface area contributed by atoms with Crippen molar-refractivity contribution in [2.45, 2.75) is 12.5 Å². The Morgan fingerprint density at radius 3 is 2.67 bits per heavy atom. The molecule has 0 aliphatic rings. The third kappa shape index (κ3) is 2.39. The molecule has 0 amide bonds. The van der Waals surface area contributed by atoms with Gasteiger partial charge in [0.25, 0.3) is 0 Å². The minimum Gasteiger partial charge on any atom is -0.396 e. The van der Waals surface area contributed by atoms with Crippen LogP contribution in [0.25, 0.3) is 11.0 Å². The summed E-state index contributed by atoms with van der Waals surface area (Å²) in [5.41, 5.74) is 2.12. The molecule has 0 bridgehead atoms. The Kier molecular flexibility index (Phi) is 3.69. The van der Waals surface area contributed by atoms with Crippen LogP contribution in [0, 0.1) is 0 Å². The zero-order valence-corrected chi connectivity index (χ0v) is 10.2. The summed E-state index contributed by atoms with van der Waals surface area (Å²) in [6, 6.07) is 5.38. The van der Waals surface area contributed by atoms with Crippen molar-refractivity contribution in [3.63, 3.8) is 0 Å². The van der Waals surface area contributed by atoms with Gasteiger partial charge in [0.1, 0.15) is 0 Å². The molecule has 6 heteroatoms. The lowest BCUT2D eigenvalue weighted by atomic mass is 10.1. The normalized spacial score (nSPS) is 12.8. The minimum atomic E-state index is -0.237. The molecule has 0 fully saturated rings. The van der Waals surface area contributed by atoms with Crippen LogP contribution in [0.15, 0.2) is 23.0 Å². The van der Waals surface area contributed by atoms with Crippen molar-refractivity contribution in [1.29, 1.82) is 0 Å². The predicted molar refractivity (Wildman–Crippen MR) is 69.9 cm³/mol. The van der Waals surface area contributed by atoms with Gasteiger partial charge in [-0.05, 0) is 24.6 Å². The molecule has 1 aromatic heterocycles. The fourth-order valence-electron chi connectivity index (χ4n) is 2.01. The van der Waals surface area contributed by atoms with E-state index in [1.54, 1.807) is 0 Å². The van der Waals surface area contributed by atoms with Crippen LogP contribution in [0.3, 0.4) is 0 Å². The number of H-pyrrole nitrogens is 2. The molecular weight excluding hydrogens is 234 g/mol. The molecule has 18 heavy (non-hydrogen) atoms. The SMILES string of the molecule is CN(c1ccc2[nH]c(=O)[nH]c2c1)C(CO)CCO. The van der Waals surface area contributed by atoms with E-state index in [0.717, 1.165) is 16.7 Å². The summed E-state index contributed by atoms with van der Waals surface area (Å²) < 4.78 is 0. The molecular formula is C12H17N3O3. The van der Waals surface area contributed by atoms with Crippen LogP contribution < -0.4 is 10.6 Å². The quantitative estimate of drug-likeness (QED) is 0.603. The van der Waals surface area contributed by atoms with Gasteiger partial charge in [-0.1, -0.05) is 0 Å². The molecule has 0 spiro atoms. The standard InChI is InChI=1S/C12H17N3O3/c1-15(9(7-17)4-5-16)8-2-3-10-11(6-8)14-12(18)13-10/h2-3,6,9,16-17H,4-5,7H2,1H3,(H2,13,14,18). The van der Waals surface area contributed by atoms with Gasteiger partial charge in [-0.15, -0.1) is 0 Å². The van der Waals surface area contributed by atoms with E-state index < -0.39 is 0 Å². The van der Waals surface area contributed by atoms with E-state index in [0.29, 0.717) is 6.42 Å². The number of nitrogens with one attached hydrogen (secondary N) is 2. The van der Waals surface area contributed by atoms with Gasteiger partial charge in [0, 0.05) is 19.3 Å². The van der Waals surface area contributed by atoms with Crippen LogP contribution >= 0.6 is 0 Å². The highest BCUT2D eigenvalue weighted by molar-refractivity contribution is 5.79. The van der Waals surface area contributed by atoms with Crippen molar-refractivity contribution in [1.82, 2.24) is 9.97 Å². The lowest BCUT2D eigenvalue weighted by Gasteiger charge is -2.28. The zero-order valence-electron chi connectivity index (χ0n) is 10.2. The Hall–Kier alpha value is -1.79. The van der Waals surface area contributed by atoms with Gasteiger partial charge < -0.3 is 25.1 Å². The maximum atomic E-state index is 11.2. The first kappa shape index (κ1) is 12.7. The number of aliphatic hydroxyl groups is 2. The molecule has 1 heterocycles. The van der Waals surface area contributed by atoms with Gasteiger partial charge in [-0.25, -0.2) is 4.79 Å². The van der Waals surface area contributed by atoms with E-state index in [1.165, 1.54) is 0 Å². The molecule has 2 aromatic rings. The van der Waals surface area contributed by atoms with Crippen molar-refractivity contribution < 1.29 is 10.2 Å². The molecule has 0 aliphatic carbocycles. The smallest absolute Gasteiger partial charge is 0.323 e. The third-order valence-electron chi connectivity index (χ3n) is 3.13. The number of hydrogen-bond donors (Lipinski definition) is 4. The zero-order chi connectivity index (χ0) is 13.1. The number of aliphatic hydroxyl groups excluding tert-OH is 2. The molecule has 1 atom stereocenters. The first-order chi connectivity index (χ1) is 8.65. The van der Waals surface area contributed by atoms with Crippen molar-refractivity contribution in [3.8, 4) is 0 Å². The van der Waals surface area contributed by atoms with E-state index in [2.05, 4.69) is 9.97 Å². The van der Waals surface area contributed by atoms with Crippen LogP contribution in [0.2, 0.25) is 0 Å². The number of anilines is 1. The lowest BCUT2D eigenvalue weighted by Crippen LogP contribution is -2.35. The molecule has 2 rings (SSSR count). The summed E-state index contributed by atoms with van der Waals surface area (Å²) in [6.45, 7) is -0.00243. The molecule has 0 aliphatic heterocycles. The highest BCUT2D eigenvalue weighted by Crippen LogP contribution is 2.20. The fourth-order valence-corrected chi connectivity index (χ4v) is 2.01. The lowest BCUT2D eigenvalue weighted by molar-refractivity contribution is 0.218. The van der Waals surface area contributed by atoms with Crippen molar-refractivity contribution in [2.24, 2.45) is 0 Å². The highest BCUT2D eigenvalue weighted by Gasteiger charge is 2.14. The van der Waals surface area contributed by atoms with Crippen LogP contribution in [0.5, 0.6) is 0 Å². The number of aromatic nitrogens is 2. The second kappa shape index (κ2) is 5.24. The number of aromatic amines is 2. The molecule has 0 radical (unpaired) electrons. The number of likely N-dealkylation sites (N-methyl/N-ethyl adjacent to an activating group) is 1. The Balaban J connectivity index is 2.31. The predicted octanol–water partition coefficient (Wildman–Crippen LogP) is 0.0357. The molecule has 98 valence electrons. The fraction of sp³-hybridized carbons (Fsp3) is 0.417. The number of fused-ring (bicyclic) bond motifs is 1. The van der Waals surface area contributed by atoms with Crippen LogP contribution in [-0.2, 0) is 0 Å². The molecule has 6 nitrogen and oxygen atoms in total. The van der Waals surface area contributed by atoms with Gasteiger partial charge in [-0.3, -0.25) is 0 Å². The Labute approximate surface area is 104 Å². The Morgan fingerprint density at radius 2 is 2.00 bits per heavy atom. The second-order valence-electron chi connectivity index (χ2n) is 4.27. The van der Waals surface area contributed by atoms with E-state index in [1.807, 2.05) is 30.1 Å². The number of rotatable bonds is 5. The molecule has 4 N–H and O–H groups in total. The summed E-state index contributed by atoms with van der Waals surface area (Å²) in [5, 5.41) is 18.2. The summed E-state index contributed by atoms with van der Waals surface area (Å²) >= 11 is 0. The van der Waals surface area contributed by atoms with Crippen LogP contribution in [-0.4, -0.2) is 46.5 Å². The number of nitrogens with zero attached hydrogens (tertiary/aromatic N) is 1. The molecule has 1 aromatic carbocycles. The summed E-state index contributed by atoms with van der Waals surface area (Å²) in [6.07, 6.45) is 0.495. The van der Waals surface area contributed by atoms with Gasteiger partial charge >= 0.3 is 5.69 Å². The summed E-state index contributed by atoms with van der Waals surface area (Å²) in [4.78, 5) is 18.4. The minimum absolute atomic E-state index is 0.0266. The number of benzene rings is 1. The molecule has 0 saturated heterocycles. The monoisotopic (exact) mass is 251 g/mol. The maximum Gasteiger partial charge on any atom is 0.323 e. The van der Waals surface area contributed by atoms with Crippen molar-refractivity contribution in [2.75, 3.05) is 25.2 Å². The summed E-state index contributed by atoms with van der Waals surface area (Å²) in [5.74, 6) is 0. The van der Waals surface area contributed by atoms with E-state index in [-0.39, 0.29) is 24.9 Å². The van der Waals surface area contributed by atoms with Crippen molar-refractivity contribution in [3.05, 3.63) is 28.7 Å². The Morgan fingerprint density at radius 1 is 1.28 bits per heavy atom. The molecule has 1 unspecified atom stereocenters. The van der Waals surface area contributed by atoms with Crippen LogP contribution in [0.1, 0.15) is 6.42 Å². The highest BCUT2D eigenvalue weighted by atomic mass is 16.3. The topological polar surface area (TPSA) is 92.4 Å². The van der Waals surface area contributed by atoms with E-state index in [4.69, 9.17) is 5.11 Å². The van der Waals surface area contributed by atoms with E-state index >= 15 is 0 Å². The van der Waals surface area contributed by atoms with Crippen LogP contribution in [0.4, 0.5) is 5.69 Å². The second-order valence-corrected chi connectivity index (χ2v) is 4.27. The molecule has 0 saturated carbocycles. The van der Waals surface area contributed by atoms with Gasteiger partial charge in [0.2, 0.25) is 0 Å². The first-order valence-electron chi connectivity index (χ1n) is 5.82. The van der Waals surface area contributed by atoms with Crippen molar-refractivity contribution >= 4 is 16.7 Å².